The van der Waals surface area contributed by atoms with Crippen molar-refractivity contribution in [2.75, 3.05) is 19.5 Å². The Bertz CT molecular complexity index is 522. The van der Waals surface area contributed by atoms with Crippen molar-refractivity contribution < 1.29 is 9.47 Å². The summed E-state index contributed by atoms with van der Waals surface area (Å²) < 4.78 is 10.5. The maximum absolute atomic E-state index is 5.32. The molecule has 1 N–H and O–H groups in total. The van der Waals surface area contributed by atoms with E-state index < -0.39 is 0 Å². The fourth-order valence-electron chi connectivity index (χ4n) is 1.71. The molecule has 0 atom stereocenters. The Morgan fingerprint density at radius 3 is 2.56 bits per heavy atom. The largest absolute Gasteiger partial charge is 0.497 e. The average Bonchev–Trinajstić information content (AvgIpc) is 2.81. The molecule has 0 radical (unpaired) electrons. The van der Waals surface area contributed by atoms with Gasteiger partial charge >= 0.3 is 0 Å². The summed E-state index contributed by atoms with van der Waals surface area (Å²) >= 11 is 1.80. The monoisotopic (exact) mass is 263 g/mol. The van der Waals surface area contributed by atoms with E-state index in [9.17, 15) is 0 Å². The van der Waals surface area contributed by atoms with Gasteiger partial charge in [-0.15, -0.1) is 11.3 Å². The van der Waals surface area contributed by atoms with E-state index in [2.05, 4.69) is 24.4 Å². The molecule has 18 heavy (non-hydrogen) atoms. The molecule has 0 saturated heterocycles. The quantitative estimate of drug-likeness (QED) is 0.892. The van der Waals surface area contributed by atoms with Crippen LogP contribution in [0.5, 0.6) is 11.5 Å². The first kappa shape index (κ1) is 12.8. The molecule has 0 aliphatic carbocycles. The highest BCUT2D eigenvalue weighted by molar-refractivity contribution is 7.11. The van der Waals surface area contributed by atoms with Crippen LogP contribution in [0, 0.1) is 6.92 Å². The van der Waals surface area contributed by atoms with E-state index in [1.807, 2.05) is 18.2 Å². The number of rotatable bonds is 5. The highest BCUT2D eigenvalue weighted by Crippen LogP contribution is 2.29. The minimum Gasteiger partial charge on any atom is -0.497 e. The average molecular weight is 263 g/mol. The number of hydrogen-bond acceptors (Lipinski definition) is 4. The lowest BCUT2D eigenvalue weighted by Crippen LogP contribution is -2.00. The topological polar surface area (TPSA) is 30.5 Å². The Balaban J connectivity index is 2.11. The number of nitrogens with one attached hydrogen (secondary N) is 1. The Morgan fingerprint density at radius 1 is 1.11 bits per heavy atom. The second-order valence-corrected chi connectivity index (χ2v) is 5.30. The van der Waals surface area contributed by atoms with Crippen molar-refractivity contribution in [3.05, 3.63) is 40.1 Å². The molecular formula is C14H17NO2S. The SMILES string of the molecule is COc1ccc(OC)c(NCc2ccc(C)s2)c1. The van der Waals surface area contributed by atoms with Gasteiger partial charge in [0, 0.05) is 22.4 Å². The molecule has 0 amide bonds. The molecule has 2 aromatic rings. The van der Waals surface area contributed by atoms with E-state index in [-0.39, 0.29) is 0 Å². The van der Waals surface area contributed by atoms with E-state index >= 15 is 0 Å². The van der Waals surface area contributed by atoms with Crippen molar-refractivity contribution in [1.29, 1.82) is 0 Å². The number of thiophene rings is 1. The molecule has 0 unspecified atom stereocenters. The van der Waals surface area contributed by atoms with Crippen LogP contribution in [0.25, 0.3) is 0 Å². The van der Waals surface area contributed by atoms with Crippen molar-refractivity contribution in [3.63, 3.8) is 0 Å². The number of anilines is 1. The molecule has 1 aromatic carbocycles. The number of ether oxygens (including phenoxy) is 2. The normalized spacial score (nSPS) is 10.2. The van der Waals surface area contributed by atoms with Gasteiger partial charge in [0.15, 0.2) is 0 Å². The molecule has 0 bridgehead atoms. The van der Waals surface area contributed by atoms with Crippen molar-refractivity contribution in [1.82, 2.24) is 0 Å². The second-order valence-electron chi connectivity index (χ2n) is 3.93. The summed E-state index contributed by atoms with van der Waals surface area (Å²) in [6.45, 7) is 2.91. The predicted octanol–water partition coefficient (Wildman–Crippen LogP) is 3.69. The van der Waals surface area contributed by atoms with Crippen LogP contribution in [0.2, 0.25) is 0 Å². The Hall–Kier alpha value is -1.68. The van der Waals surface area contributed by atoms with E-state index in [1.165, 1.54) is 9.75 Å². The highest BCUT2D eigenvalue weighted by atomic mass is 32.1. The standard InChI is InChI=1S/C14H17NO2S/c1-10-4-6-12(18-10)9-15-13-8-11(16-2)5-7-14(13)17-3/h4-8,15H,9H2,1-3H3. The van der Waals surface area contributed by atoms with Crippen molar-refractivity contribution in [3.8, 4) is 11.5 Å². The minimum absolute atomic E-state index is 0.794. The summed E-state index contributed by atoms with van der Waals surface area (Å²) in [7, 11) is 3.33. The lowest BCUT2D eigenvalue weighted by Gasteiger charge is -2.11. The first-order valence-electron chi connectivity index (χ1n) is 5.74. The zero-order valence-corrected chi connectivity index (χ0v) is 11.6. The molecule has 0 spiro atoms. The van der Waals surface area contributed by atoms with Gasteiger partial charge in [0.25, 0.3) is 0 Å². The van der Waals surface area contributed by atoms with Gasteiger partial charge < -0.3 is 14.8 Å². The van der Waals surface area contributed by atoms with Gasteiger partial charge in [-0.2, -0.15) is 0 Å². The number of aryl methyl sites for hydroxylation is 1. The molecule has 4 heteroatoms. The predicted molar refractivity (Wildman–Crippen MR) is 75.9 cm³/mol. The maximum atomic E-state index is 5.32. The summed E-state index contributed by atoms with van der Waals surface area (Å²) in [4.78, 5) is 2.63. The first-order chi connectivity index (χ1) is 8.72. The maximum Gasteiger partial charge on any atom is 0.142 e. The molecule has 2 rings (SSSR count). The lowest BCUT2D eigenvalue weighted by atomic mass is 10.2. The molecule has 1 heterocycles. The van der Waals surface area contributed by atoms with Gasteiger partial charge in [-0.25, -0.2) is 0 Å². The Morgan fingerprint density at radius 2 is 1.94 bits per heavy atom. The molecule has 0 aliphatic rings. The van der Waals surface area contributed by atoms with Gasteiger partial charge in [0.2, 0.25) is 0 Å². The molecule has 0 fully saturated rings. The summed E-state index contributed by atoms with van der Waals surface area (Å²) in [6, 6.07) is 10.0. The fraction of sp³-hybridized carbons (Fsp3) is 0.286. The second kappa shape index (κ2) is 5.78. The minimum atomic E-state index is 0.794. The van der Waals surface area contributed by atoms with Crippen LogP contribution in [-0.4, -0.2) is 14.2 Å². The lowest BCUT2D eigenvalue weighted by molar-refractivity contribution is 0.404. The molecule has 1 aromatic heterocycles. The van der Waals surface area contributed by atoms with Gasteiger partial charge in [-0.1, -0.05) is 0 Å². The van der Waals surface area contributed by atoms with E-state index in [0.29, 0.717) is 0 Å². The van der Waals surface area contributed by atoms with Crippen LogP contribution in [-0.2, 0) is 6.54 Å². The van der Waals surface area contributed by atoms with E-state index in [4.69, 9.17) is 9.47 Å². The Kier molecular flexibility index (Phi) is 4.10. The van der Waals surface area contributed by atoms with Crippen LogP contribution >= 0.6 is 11.3 Å². The third-order valence-electron chi connectivity index (χ3n) is 2.66. The summed E-state index contributed by atoms with van der Waals surface area (Å²) in [5.41, 5.74) is 0.947. The van der Waals surface area contributed by atoms with E-state index in [1.54, 1.807) is 25.6 Å². The first-order valence-corrected chi connectivity index (χ1v) is 6.56. The van der Waals surface area contributed by atoms with Crippen LogP contribution in [0.4, 0.5) is 5.69 Å². The zero-order chi connectivity index (χ0) is 13.0. The van der Waals surface area contributed by atoms with Crippen LogP contribution in [0.3, 0.4) is 0 Å². The van der Waals surface area contributed by atoms with Gasteiger partial charge in [-0.05, 0) is 31.2 Å². The molecule has 3 nitrogen and oxygen atoms in total. The Labute approximate surface area is 111 Å². The summed E-state index contributed by atoms with van der Waals surface area (Å²) in [5.74, 6) is 1.64. The fourth-order valence-corrected chi connectivity index (χ4v) is 2.54. The number of hydrogen-bond donors (Lipinski definition) is 1. The molecular weight excluding hydrogens is 246 g/mol. The third-order valence-corrected chi connectivity index (χ3v) is 3.66. The highest BCUT2D eigenvalue weighted by Gasteiger charge is 2.05. The smallest absolute Gasteiger partial charge is 0.142 e. The van der Waals surface area contributed by atoms with Crippen LogP contribution in [0.1, 0.15) is 9.75 Å². The third kappa shape index (κ3) is 2.96. The summed E-state index contributed by atoms with van der Waals surface area (Å²) in [5, 5.41) is 3.37. The number of benzene rings is 1. The molecule has 0 aliphatic heterocycles. The van der Waals surface area contributed by atoms with Crippen molar-refractivity contribution in [2.45, 2.75) is 13.5 Å². The van der Waals surface area contributed by atoms with Crippen LogP contribution < -0.4 is 14.8 Å². The van der Waals surface area contributed by atoms with Crippen molar-refractivity contribution in [2.24, 2.45) is 0 Å². The van der Waals surface area contributed by atoms with Gasteiger partial charge in [-0.3, -0.25) is 0 Å². The van der Waals surface area contributed by atoms with Gasteiger partial charge in [0.05, 0.1) is 19.9 Å². The van der Waals surface area contributed by atoms with Crippen LogP contribution in [0.15, 0.2) is 30.3 Å². The molecule has 96 valence electrons. The van der Waals surface area contributed by atoms with Crippen molar-refractivity contribution >= 4 is 17.0 Å². The number of methoxy groups -OCH3 is 2. The zero-order valence-electron chi connectivity index (χ0n) is 10.8. The summed E-state index contributed by atoms with van der Waals surface area (Å²) in [6.07, 6.45) is 0. The van der Waals surface area contributed by atoms with Gasteiger partial charge in [0.1, 0.15) is 11.5 Å². The van der Waals surface area contributed by atoms with E-state index in [0.717, 1.165) is 23.7 Å². The molecule has 0 saturated carbocycles.